The highest BCUT2D eigenvalue weighted by Gasteiger charge is 2.24. The number of nitrogens with zero attached hydrogens (tertiary/aromatic N) is 2. The molecule has 0 saturated carbocycles. The lowest BCUT2D eigenvalue weighted by Gasteiger charge is -2.32. The molecule has 2 rings (SSSR count). The van der Waals surface area contributed by atoms with Gasteiger partial charge in [-0.1, -0.05) is 11.3 Å². The summed E-state index contributed by atoms with van der Waals surface area (Å²) in [6.45, 7) is 6.19. The van der Waals surface area contributed by atoms with Crippen LogP contribution in [-0.4, -0.2) is 41.9 Å². The molecule has 1 fully saturated rings. The van der Waals surface area contributed by atoms with Crippen molar-refractivity contribution < 1.29 is 14.6 Å². The van der Waals surface area contributed by atoms with E-state index in [1.54, 1.807) is 6.92 Å². The Kier molecular flexibility index (Phi) is 4.19. The standard InChI is InChI=1S/C12H18N2O3S/c1-3-17-9-5-4-6-14(7-9)12-13-8(2)10(18-12)11(15)16/h9H,3-7H2,1-2H3,(H,15,16). The molecule has 1 saturated heterocycles. The number of ether oxygens (including phenoxy) is 1. The lowest BCUT2D eigenvalue weighted by molar-refractivity contribution is 0.0526. The van der Waals surface area contributed by atoms with Gasteiger partial charge in [-0.15, -0.1) is 0 Å². The van der Waals surface area contributed by atoms with Crippen molar-refractivity contribution in [2.75, 3.05) is 24.6 Å². The molecule has 2 heterocycles. The monoisotopic (exact) mass is 270 g/mol. The van der Waals surface area contributed by atoms with Gasteiger partial charge in [-0.05, 0) is 26.7 Å². The van der Waals surface area contributed by atoms with Crippen molar-refractivity contribution in [2.45, 2.75) is 32.8 Å². The van der Waals surface area contributed by atoms with Gasteiger partial charge in [0.25, 0.3) is 0 Å². The largest absolute Gasteiger partial charge is 0.477 e. The number of carboxylic acids is 1. The molecule has 1 aromatic rings. The molecule has 18 heavy (non-hydrogen) atoms. The van der Waals surface area contributed by atoms with Gasteiger partial charge in [-0.2, -0.15) is 0 Å². The fourth-order valence-corrected chi connectivity index (χ4v) is 3.14. The van der Waals surface area contributed by atoms with Crippen LogP contribution >= 0.6 is 11.3 Å². The zero-order valence-electron chi connectivity index (χ0n) is 10.7. The van der Waals surface area contributed by atoms with E-state index in [9.17, 15) is 4.79 Å². The molecule has 1 N–H and O–H groups in total. The first-order valence-corrected chi connectivity index (χ1v) is 7.00. The Morgan fingerprint density at radius 3 is 3.06 bits per heavy atom. The van der Waals surface area contributed by atoms with Gasteiger partial charge in [-0.3, -0.25) is 0 Å². The molecular weight excluding hydrogens is 252 g/mol. The van der Waals surface area contributed by atoms with Crippen molar-refractivity contribution in [1.82, 2.24) is 4.98 Å². The third kappa shape index (κ3) is 2.81. The lowest BCUT2D eigenvalue weighted by Crippen LogP contribution is -2.39. The van der Waals surface area contributed by atoms with Gasteiger partial charge in [0.05, 0.1) is 11.8 Å². The van der Waals surface area contributed by atoms with Crippen LogP contribution in [0.4, 0.5) is 5.13 Å². The minimum Gasteiger partial charge on any atom is -0.477 e. The van der Waals surface area contributed by atoms with E-state index >= 15 is 0 Å². The van der Waals surface area contributed by atoms with E-state index in [1.807, 2.05) is 6.92 Å². The minimum absolute atomic E-state index is 0.237. The summed E-state index contributed by atoms with van der Waals surface area (Å²) in [5.41, 5.74) is 0.598. The molecule has 1 aliphatic rings. The topological polar surface area (TPSA) is 62.7 Å². The molecule has 5 nitrogen and oxygen atoms in total. The maximum atomic E-state index is 11.0. The number of rotatable bonds is 4. The fourth-order valence-electron chi connectivity index (χ4n) is 2.20. The SMILES string of the molecule is CCOC1CCCN(c2nc(C)c(C(=O)O)s2)C1. The summed E-state index contributed by atoms with van der Waals surface area (Å²) >= 11 is 1.25. The normalized spacial score (nSPS) is 20.1. The Balaban J connectivity index is 2.11. The molecule has 0 bridgehead atoms. The maximum Gasteiger partial charge on any atom is 0.347 e. The highest BCUT2D eigenvalue weighted by atomic mass is 32.1. The Morgan fingerprint density at radius 2 is 2.44 bits per heavy atom. The van der Waals surface area contributed by atoms with Crippen molar-refractivity contribution in [3.8, 4) is 0 Å². The average molecular weight is 270 g/mol. The fraction of sp³-hybridized carbons (Fsp3) is 0.667. The highest BCUT2D eigenvalue weighted by Crippen LogP contribution is 2.28. The van der Waals surface area contributed by atoms with E-state index in [2.05, 4.69) is 9.88 Å². The van der Waals surface area contributed by atoms with Crippen LogP contribution in [0.5, 0.6) is 0 Å². The summed E-state index contributed by atoms with van der Waals surface area (Å²) < 4.78 is 5.64. The molecule has 100 valence electrons. The molecule has 6 heteroatoms. The summed E-state index contributed by atoms with van der Waals surface area (Å²) in [4.78, 5) is 17.8. The second-order valence-corrected chi connectivity index (χ2v) is 5.36. The summed E-state index contributed by atoms with van der Waals surface area (Å²) in [6.07, 6.45) is 2.37. The second-order valence-electron chi connectivity index (χ2n) is 4.38. The van der Waals surface area contributed by atoms with Gasteiger partial charge in [0.2, 0.25) is 0 Å². The van der Waals surface area contributed by atoms with E-state index < -0.39 is 5.97 Å². The third-order valence-corrected chi connectivity index (χ3v) is 4.24. The Hall–Kier alpha value is -1.14. The first kappa shape index (κ1) is 13.3. The van der Waals surface area contributed by atoms with E-state index in [0.717, 1.165) is 37.7 Å². The van der Waals surface area contributed by atoms with Crippen LogP contribution in [-0.2, 0) is 4.74 Å². The van der Waals surface area contributed by atoms with Gasteiger partial charge >= 0.3 is 5.97 Å². The number of aromatic nitrogens is 1. The van der Waals surface area contributed by atoms with Crippen LogP contribution in [0.2, 0.25) is 0 Å². The van der Waals surface area contributed by atoms with Crippen molar-refractivity contribution in [3.63, 3.8) is 0 Å². The van der Waals surface area contributed by atoms with Crippen molar-refractivity contribution in [1.29, 1.82) is 0 Å². The van der Waals surface area contributed by atoms with Gasteiger partial charge in [0.15, 0.2) is 5.13 Å². The Bertz CT molecular complexity index is 431. The number of aryl methyl sites for hydroxylation is 1. The zero-order valence-corrected chi connectivity index (χ0v) is 11.5. The number of aromatic carboxylic acids is 1. The van der Waals surface area contributed by atoms with E-state index in [0.29, 0.717) is 10.6 Å². The van der Waals surface area contributed by atoms with Crippen LogP contribution in [0.15, 0.2) is 0 Å². The molecule has 1 aliphatic heterocycles. The summed E-state index contributed by atoms with van der Waals surface area (Å²) in [6, 6.07) is 0. The summed E-state index contributed by atoms with van der Waals surface area (Å²) in [5, 5.41) is 9.84. The molecule has 0 aliphatic carbocycles. The number of anilines is 1. The zero-order chi connectivity index (χ0) is 13.1. The average Bonchev–Trinajstić information content (AvgIpc) is 2.72. The van der Waals surface area contributed by atoms with Crippen molar-refractivity contribution >= 4 is 22.4 Å². The lowest BCUT2D eigenvalue weighted by atomic mass is 10.1. The predicted molar refractivity (Wildman–Crippen MR) is 70.7 cm³/mol. The van der Waals surface area contributed by atoms with Gasteiger partial charge in [0, 0.05) is 19.7 Å². The minimum atomic E-state index is -0.894. The van der Waals surface area contributed by atoms with Crippen LogP contribution in [0.3, 0.4) is 0 Å². The van der Waals surface area contributed by atoms with Crippen LogP contribution < -0.4 is 4.90 Å². The first-order chi connectivity index (χ1) is 8.61. The number of hydrogen-bond acceptors (Lipinski definition) is 5. The molecule has 1 atom stereocenters. The van der Waals surface area contributed by atoms with Crippen LogP contribution in [0, 0.1) is 6.92 Å². The molecule has 0 aromatic carbocycles. The second kappa shape index (κ2) is 5.67. The number of carbonyl (C=O) groups is 1. The van der Waals surface area contributed by atoms with E-state index in [4.69, 9.17) is 9.84 Å². The molecule has 0 radical (unpaired) electrons. The summed E-state index contributed by atoms with van der Waals surface area (Å²) in [5.74, 6) is -0.894. The number of thiazole rings is 1. The van der Waals surface area contributed by atoms with Crippen LogP contribution in [0.25, 0.3) is 0 Å². The van der Waals surface area contributed by atoms with E-state index in [-0.39, 0.29) is 6.10 Å². The van der Waals surface area contributed by atoms with Gasteiger partial charge < -0.3 is 14.7 Å². The Morgan fingerprint density at radius 1 is 1.67 bits per heavy atom. The molecule has 1 unspecified atom stereocenters. The highest BCUT2D eigenvalue weighted by molar-refractivity contribution is 7.17. The van der Waals surface area contributed by atoms with Crippen molar-refractivity contribution in [3.05, 3.63) is 10.6 Å². The van der Waals surface area contributed by atoms with Gasteiger partial charge in [0.1, 0.15) is 4.88 Å². The molecule has 1 aromatic heterocycles. The number of piperidine rings is 1. The van der Waals surface area contributed by atoms with Gasteiger partial charge in [-0.25, -0.2) is 9.78 Å². The molecule has 0 amide bonds. The van der Waals surface area contributed by atoms with E-state index in [1.165, 1.54) is 11.3 Å². The molecular formula is C12H18N2O3S. The Labute approximate surface area is 110 Å². The smallest absolute Gasteiger partial charge is 0.347 e. The maximum absolute atomic E-state index is 11.0. The van der Waals surface area contributed by atoms with Crippen LogP contribution in [0.1, 0.15) is 35.1 Å². The third-order valence-electron chi connectivity index (χ3n) is 3.03. The summed E-state index contributed by atoms with van der Waals surface area (Å²) in [7, 11) is 0. The number of hydrogen-bond donors (Lipinski definition) is 1. The predicted octanol–water partition coefficient (Wildman–Crippen LogP) is 2.16. The first-order valence-electron chi connectivity index (χ1n) is 6.19. The van der Waals surface area contributed by atoms with Crippen molar-refractivity contribution in [2.24, 2.45) is 0 Å². The quantitative estimate of drug-likeness (QED) is 0.908. The number of carboxylic acid groups (broad SMARTS) is 1. The molecule has 0 spiro atoms.